The van der Waals surface area contributed by atoms with Gasteiger partial charge in [-0.25, -0.2) is 0 Å². The maximum atomic E-state index is 10.5. The van der Waals surface area contributed by atoms with Crippen LogP contribution in [0.15, 0.2) is 24.3 Å². The number of amides is 2. The van der Waals surface area contributed by atoms with E-state index in [9.17, 15) is 4.79 Å². The molecular weight excluding hydrogens is 265 g/mol. The molecule has 2 aromatic rings. The second kappa shape index (κ2) is 3.96. The first-order valence-corrected chi connectivity index (χ1v) is 6.36. The number of aromatic nitrogens is 1. The molecule has 0 spiro atoms. The van der Waals surface area contributed by atoms with E-state index in [0.29, 0.717) is 0 Å². The van der Waals surface area contributed by atoms with Crippen molar-refractivity contribution in [2.24, 2.45) is 5.73 Å². The third-order valence-corrected chi connectivity index (χ3v) is 4.50. The van der Waals surface area contributed by atoms with Crippen LogP contribution in [0.5, 0.6) is 0 Å². The van der Waals surface area contributed by atoms with Gasteiger partial charge in [-0.15, -0.1) is 0 Å². The number of hydrogen-bond donors (Lipinski definition) is 2. The van der Waals surface area contributed by atoms with Crippen LogP contribution in [-0.2, 0) is 0 Å². The van der Waals surface area contributed by atoms with Crippen molar-refractivity contribution in [3.63, 3.8) is 0 Å². The number of rotatable bonds is 2. The fourth-order valence-corrected chi connectivity index (χ4v) is 3.47. The van der Waals surface area contributed by atoms with Gasteiger partial charge in [-0.3, -0.25) is 0 Å². The topological polar surface area (TPSA) is 68.0 Å². The van der Waals surface area contributed by atoms with Crippen molar-refractivity contribution >= 4 is 46.7 Å². The molecule has 0 unspecified atom stereocenters. The van der Waals surface area contributed by atoms with E-state index in [1.165, 1.54) is 0 Å². The van der Waals surface area contributed by atoms with Crippen LogP contribution >= 0.6 is 11.3 Å². The second-order valence-electron chi connectivity index (χ2n) is 2.52. The fraction of sp³-hybridized carbons (Fsp3) is 0. The molecule has 2 rings (SSSR count). The van der Waals surface area contributed by atoms with Gasteiger partial charge < -0.3 is 0 Å². The molecule has 6 heteroatoms. The van der Waals surface area contributed by atoms with Crippen molar-refractivity contribution in [3.8, 4) is 0 Å². The van der Waals surface area contributed by atoms with Crippen LogP contribution in [0.4, 0.5) is 4.79 Å². The molecule has 0 radical (unpaired) electrons. The first-order chi connectivity index (χ1) is 6.75. The Kier molecular flexibility index (Phi) is 2.67. The first-order valence-electron chi connectivity index (χ1n) is 3.83. The number of carbonyl (C=O) groups is 1. The molecule has 3 N–H and O–H groups in total. The van der Waals surface area contributed by atoms with Gasteiger partial charge in [-0.05, 0) is 0 Å². The summed E-state index contributed by atoms with van der Waals surface area (Å²) in [7, 11) is 0. The van der Waals surface area contributed by atoms with Gasteiger partial charge >= 0.3 is 90.8 Å². The fourth-order valence-electron chi connectivity index (χ4n) is 0.989. The second-order valence-corrected chi connectivity index (χ2v) is 5.80. The van der Waals surface area contributed by atoms with Gasteiger partial charge in [0.2, 0.25) is 0 Å². The van der Waals surface area contributed by atoms with Gasteiger partial charge in [-0.2, -0.15) is 0 Å². The summed E-state index contributed by atoms with van der Waals surface area (Å²) in [5, 5.41) is 0. The normalized spacial score (nSPS) is 10.3. The molecule has 1 aromatic carbocycles. The summed E-state index contributed by atoms with van der Waals surface area (Å²) >= 11 is 1.43. The quantitative estimate of drug-likeness (QED) is 0.767. The Morgan fingerprint density at radius 2 is 2.29 bits per heavy atom. The molecule has 0 saturated heterocycles. The third kappa shape index (κ3) is 2.04. The molecule has 0 aliphatic rings. The number of benzene rings is 1. The van der Waals surface area contributed by atoms with E-state index in [1.54, 1.807) is 11.3 Å². The molecule has 4 nitrogen and oxygen atoms in total. The van der Waals surface area contributed by atoms with Crippen molar-refractivity contribution in [3.05, 3.63) is 24.3 Å². The van der Waals surface area contributed by atoms with Crippen LogP contribution in [0, 0.1) is 0 Å². The predicted octanol–water partition coefficient (Wildman–Crippen LogP) is 0.209. The number of hydrogen-bond acceptors (Lipinski definition) is 3. The summed E-state index contributed by atoms with van der Waals surface area (Å²) in [5.74, 6) is 0. The van der Waals surface area contributed by atoms with Gasteiger partial charge in [0, 0.05) is 0 Å². The molecule has 1 heterocycles. The van der Waals surface area contributed by atoms with E-state index in [-0.39, 0.29) is 15.2 Å². The van der Waals surface area contributed by atoms with E-state index < -0.39 is 6.03 Å². The number of para-hydroxylation sites is 1. The van der Waals surface area contributed by atoms with Crippen LogP contribution in [0.2, 0.25) is 0 Å². The van der Waals surface area contributed by atoms with Gasteiger partial charge in [0.25, 0.3) is 0 Å². The standard InChI is InChI=1S/C8H7N3OSSe/c9-7(12)11-14-8-10-5-3-1-2-4-6(5)13-8/h1-4H,(H3,9,11,12). The average Bonchev–Trinajstić information content (AvgIpc) is 2.57. The van der Waals surface area contributed by atoms with Crippen molar-refractivity contribution < 1.29 is 4.79 Å². The van der Waals surface area contributed by atoms with E-state index in [2.05, 4.69) is 9.32 Å². The Morgan fingerprint density at radius 3 is 3.00 bits per heavy atom. The molecule has 0 bridgehead atoms. The third-order valence-electron chi connectivity index (χ3n) is 1.51. The summed E-state index contributed by atoms with van der Waals surface area (Å²) in [6, 6.07) is 7.38. The summed E-state index contributed by atoms with van der Waals surface area (Å²) in [4.78, 5) is 14.9. The Balaban J connectivity index is 2.22. The first kappa shape index (κ1) is 9.45. The Labute approximate surface area is 90.9 Å². The molecule has 0 atom stereocenters. The van der Waals surface area contributed by atoms with Crippen molar-refractivity contribution in [1.29, 1.82) is 0 Å². The average molecular weight is 272 g/mol. The van der Waals surface area contributed by atoms with Gasteiger partial charge in [0.15, 0.2) is 0 Å². The van der Waals surface area contributed by atoms with E-state index in [0.717, 1.165) is 14.1 Å². The molecule has 1 aromatic heterocycles. The van der Waals surface area contributed by atoms with Gasteiger partial charge in [0.05, 0.1) is 0 Å². The van der Waals surface area contributed by atoms with Crippen LogP contribution in [0.1, 0.15) is 0 Å². The summed E-state index contributed by atoms with van der Waals surface area (Å²) in [5.41, 5.74) is 5.95. The van der Waals surface area contributed by atoms with E-state index >= 15 is 0 Å². The number of fused-ring (bicyclic) bond motifs is 1. The van der Waals surface area contributed by atoms with E-state index in [1.807, 2.05) is 24.3 Å². The monoisotopic (exact) mass is 273 g/mol. The number of nitrogens with zero attached hydrogens (tertiary/aromatic N) is 1. The molecule has 0 saturated carbocycles. The number of nitrogens with one attached hydrogen (secondary N) is 1. The molecule has 72 valence electrons. The van der Waals surface area contributed by atoms with Crippen LogP contribution < -0.4 is 14.0 Å². The zero-order valence-corrected chi connectivity index (χ0v) is 9.59. The molecule has 0 aliphatic carbocycles. The Hall–Kier alpha value is -1.10. The number of carbonyl (C=O) groups excluding carboxylic acids is 1. The number of urea groups is 1. The van der Waals surface area contributed by atoms with Crippen LogP contribution in [-0.4, -0.2) is 26.2 Å². The molecule has 0 aliphatic heterocycles. The maximum absolute atomic E-state index is 10.5. The van der Waals surface area contributed by atoms with Crippen LogP contribution in [0.25, 0.3) is 10.2 Å². The zero-order valence-electron chi connectivity index (χ0n) is 7.06. The van der Waals surface area contributed by atoms with Crippen molar-refractivity contribution in [2.75, 3.05) is 0 Å². The predicted molar refractivity (Wildman–Crippen MR) is 57.7 cm³/mol. The zero-order chi connectivity index (χ0) is 9.97. The Bertz CT molecular complexity index is 437. The molecule has 2 amide bonds. The molecular formula is C8H7N3OSSe. The molecule has 14 heavy (non-hydrogen) atoms. The van der Waals surface area contributed by atoms with Gasteiger partial charge in [0.1, 0.15) is 0 Å². The van der Waals surface area contributed by atoms with Crippen LogP contribution in [0.3, 0.4) is 0 Å². The number of nitrogens with two attached hydrogens (primary N) is 1. The minimum absolute atomic E-state index is 0.157. The summed E-state index contributed by atoms with van der Waals surface area (Å²) in [6.45, 7) is 0. The van der Waals surface area contributed by atoms with Crippen molar-refractivity contribution in [1.82, 2.24) is 9.32 Å². The minimum atomic E-state index is -0.496. The van der Waals surface area contributed by atoms with E-state index in [4.69, 9.17) is 5.73 Å². The summed E-state index contributed by atoms with van der Waals surface area (Å²) in [6.07, 6.45) is 0. The molecule has 0 fully saturated rings. The van der Waals surface area contributed by atoms with Gasteiger partial charge in [-0.1, -0.05) is 0 Å². The SMILES string of the molecule is NC(=O)N[Se]c1nc2ccccc2s1. The summed E-state index contributed by atoms with van der Waals surface area (Å²) < 4.78 is 4.64. The number of thiazole rings is 1. The van der Waals surface area contributed by atoms with Crippen molar-refractivity contribution in [2.45, 2.75) is 0 Å². The Morgan fingerprint density at radius 1 is 1.50 bits per heavy atom. The number of primary amides is 1.